The van der Waals surface area contributed by atoms with E-state index in [1.54, 1.807) is 18.6 Å². The number of rotatable bonds is 4. The lowest BCUT2D eigenvalue weighted by Crippen LogP contribution is -2.13. The second-order valence-corrected chi connectivity index (χ2v) is 4.28. The molecule has 0 aliphatic rings. The van der Waals surface area contributed by atoms with Gasteiger partial charge in [0.15, 0.2) is 0 Å². The molecule has 0 aromatic carbocycles. The molecule has 0 saturated carbocycles. The highest BCUT2D eigenvalue weighted by Crippen LogP contribution is 2.19. The Labute approximate surface area is 99.3 Å². The van der Waals surface area contributed by atoms with Crippen molar-refractivity contribution in [1.29, 1.82) is 0 Å². The normalized spacial score (nSPS) is 12.9. The van der Waals surface area contributed by atoms with Crippen molar-refractivity contribution in [3.05, 3.63) is 24.5 Å². The number of hydrogen-bond acceptors (Lipinski definition) is 6. The maximum absolute atomic E-state index is 5.96. The van der Waals surface area contributed by atoms with Crippen molar-refractivity contribution in [2.24, 2.45) is 11.7 Å². The van der Waals surface area contributed by atoms with Crippen molar-refractivity contribution in [2.45, 2.75) is 26.3 Å². The highest BCUT2D eigenvalue weighted by Gasteiger charge is 2.17. The maximum Gasteiger partial charge on any atom is 0.243 e. The number of aromatic nitrogens is 4. The van der Waals surface area contributed by atoms with Gasteiger partial charge in [-0.3, -0.25) is 4.98 Å². The van der Waals surface area contributed by atoms with E-state index < -0.39 is 0 Å². The summed E-state index contributed by atoms with van der Waals surface area (Å²) in [6.45, 7) is 4.19. The van der Waals surface area contributed by atoms with Gasteiger partial charge in [-0.2, -0.15) is 4.98 Å². The molecule has 2 rings (SSSR count). The van der Waals surface area contributed by atoms with Gasteiger partial charge in [-0.1, -0.05) is 19.0 Å². The SMILES string of the molecule is CC(C)C[C@@H](N)c1nc(-c2cnccn2)no1. The second-order valence-electron chi connectivity index (χ2n) is 4.28. The summed E-state index contributed by atoms with van der Waals surface area (Å²) < 4.78 is 5.13. The van der Waals surface area contributed by atoms with Gasteiger partial charge >= 0.3 is 0 Å². The quantitative estimate of drug-likeness (QED) is 0.861. The number of nitrogens with zero attached hydrogens (tertiary/aromatic N) is 4. The van der Waals surface area contributed by atoms with Crippen molar-refractivity contribution in [1.82, 2.24) is 20.1 Å². The van der Waals surface area contributed by atoms with E-state index in [9.17, 15) is 0 Å². The summed E-state index contributed by atoms with van der Waals surface area (Å²) in [5.74, 6) is 1.35. The lowest BCUT2D eigenvalue weighted by Gasteiger charge is -2.08. The number of nitrogens with two attached hydrogens (primary N) is 1. The Hall–Kier alpha value is -1.82. The van der Waals surface area contributed by atoms with Gasteiger partial charge in [-0.15, -0.1) is 0 Å². The molecule has 0 bridgehead atoms. The van der Waals surface area contributed by atoms with Crippen LogP contribution >= 0.6 is 0 Å². The number of hydrogen-bond donors (Lipinski definition) is 1. The fourth-order valence-electron chi connectivity index (χ4n) is 1.51. The summed E-state index contributed by atoms with van der Waals surface area (Å²) in [5.41, 5.74) is 6.54. The molecule has 2 N–H and O–H groups in total. The van der Waals surface area contributed by atoms with Gasteiger partial charge in [0, 0.05) is 12.4 Å². The Kier molecular flexibility index (Phi) is 3.43. The van der Waals surface area contributed by atoms with Gasteiger partial charge in [0.05, 0.1) is 12.2 Å². The van der Waals surface area contributed by atoms with E-state index in [1.807, 2.05) is 0 Å². The minimum absolute atomic E-state index is 0.229. The molecule has 0 spiro atoms. The van der Waals surface area contributed by atoms with Crippen LogP contribution in [-0.4, -0.2) is 20.1 Å². The smallest absolute Gasteiger partial charge is 0.243 e. The lowest BCUT2D eigenvalue weighted by atomic mass is 10.0. The third-order valence-electron chi connectivity index (χ3n) is 2.28. The van der Waals surface area contributed by atoms with Crippen molar-refractivity contribution in [3.63, 3.8) is 0 Å². The summed E-state index contributed by atoms with van der Waals surface area (Å²) in [4.78, 5) is 12.3. The molecule has 0 saturated heterocycles. The Morgan fingerprint density at radius 2 is 2.18 bits per heavy atom. The van der Waals surface area contributed by atoms with Crippen LogP contribution in [-0.2, 0) is 0 Å². The zero-order valence-corrected chi connectivity index (χ0v) is 9.87. The van der Waals surface area contributed by atoms with Crippen LogP contribution < -0.4 is 5.73 Å². The maximum atomic E-state index is 5.96. The Morgan fingerprint density at radius 3 is 2.82 bits per heavy atom. The summed E-state index contributed by atoms with van der Waals surface area (Å²) in [5, 5.41) is 3.85. The van der Waals surface area contributed by atoms with E-state index in [-0.39, 0.29) is 6.04 Å². The zero-order chi connectivity index (χ0) is 12.3. The Morgan fingerprint density at radius 1 is 1.35 bits per heavy atom. The van der Waals surface area contributed by atoms with Crippen LogP contribution in [0, 0.1) is 5.92 Å². The molecule has 0 aliphatic heterocycles. The molecule has 0 aliphatic carbocycles. The first-order valence-electron chi connectivity index (χ1n) is 5.52. The average molecular weight is 233 g/mol. The van der Waals surface area contributed by atoms with E-state index in [2.05, 4.69) is 34.0 Å². The first-order chi connectivity index (χ1) is 8.16. The van der Waals surface area contributed by atoms with Crippen LogP contribution in [0.1, 0.15) is 32.2 Å². The van der Waals surface area contributed by atoms with Gasteiger partial charge in [0.1, 0.15) is 5.69 Å². The fourth-order valence-corrected chi connectivity index (χ4v) is 1.51. The van der Waals surface area contributed by atoms with E-state index in [4.69, 9.17) is 10.3 Å². The molecular weight excluding hydrogens is 218 g/mol. The molecule has 0 unspecified atom stereocenters. The summed E-state index contributed by atoms with van der Waals surface area (Å²) >= 11 is 0. The monoisotopic (exact) mass is 233 g/mol. The fraction of sp³-hybridized carbons (Fsp3) is 0.455. The molecular formula is C11H15N5O. The molecule has 2 aromatic rings. The molecule has 17 heavy (non-hydrogen) atoms. The minimum Gasteiger partial charge on any atom is -0.337 e. The molecule has 2 heterocycles. The summed E-state index contributed by atoms with van der Waals surface area (Å²) in [6.07, 6.45) is 5.57. The second kappa shape index (κ2) is 5.01. The van der Waals surface area contributed by atoms with E-state index in [0.29, 0.717) is 23.3 Å². The third kappa shape index (κ3) is 2.85. The van der Waals surface area contributed by atoms with Crippen molar-refractivity contribution >= 4 is 0 Å². The van der Waals surface area contributed by atoms with Gasteiger partial charge < -0.3 is 10.3 Å². The van der Waals surface area contributed by atoms with E-state index >= 15 is 0 Å². The largest absolute Gasteiger partial charge is 0.337 e. The van der Waals surface area contributed by atoms with Crippen LogP contribution in [0.2, 0.25) is 0 Å². The van der Waals surface area contributed by atoms with Crippen molar-refractivity contribution in [3.8, 4) is 11.5 Å². The molecule has 6 nitrogen and oxygen atoms in total. The standard InChI is InChI=1S/C11H15N5O/c1-7(2)5-8(12)11-15-10(16-17-11)9-6-13-3-4-14-9/h3-4,6-8H,5,12H2,1-2H3/t8-/m1/s1. The van der Waals surface area contributed by atoms with Crippen LogP contribution in [0.5, 0.6) is 0 Å². The Balaban J connectivity index is 2.16. The first-order valence-corrected chi connectivity index (χ1v) is 5.52. The highest BCUT2D eigenvalue weighted by atomic mass is 16.5. The molecule has 0 radical (unpaired) electrons. The highest BCUT2D eigenvalue weighted by molar-refractivity contribution is 5.45. The van der Waals surface area contributed by atoms with Crippen molar-refractivity contribution in [2.75, 3.05) is 0 Å². The average Bonchev–Trinajstić information content (AvgIpc) is 2.78. The van der Waals surface area contributed by atoms with E-state index in [0.717, 1.165) is 6.42 Å². The van der Waals surface area contributed by atoms with Gasteiger partial charge in [-0.25, -0.2) is 4.98 Å². The summed E-state index contributed by atoms with van der Waals surface area (Å²) in [7, 11) is 0. The van der Waals surface area contributed by atoms with Crippen LogP contribution in [0.25, 0.3) is 11.5 Å². The first kappa shape index (κ1) is 11.7. The zero-order valence-electron chi connectivity index (χ0n) is 9.87. The van der Waals surface area contributed by atoms with Gasteiger partial charge in [-0.05, 0) is 12.3 Å². The molecule has 2 aromatic heterocycles. The van der Waals surface area contributed by atoms with Crippen LogP contribution in [0.3, 0.4) is 0 Å². The molecule has 6 heteroatoms. The molecule has 0 amide bonds. The lowest BCUT2D eigenvalue weighted by molar-refractivity contribution is 0.335. The van der Waals surface area contributed by atoms with Gasteiger partial charge in [0.2, 0.25) is 11.7 Å². The predicted octanol–water partition coefficient (Wildman–Crippen LogP) is 1.57. The van der Waals surface area contributed by atoms with Gasteiger partial charge in [0.25, 0.3) is 0 Å². The van der Waals surface area contributed by atoms with Crippen LogP contribution in [0.15, 0.2) is 23.1 Å². The third-order valence-corrected chi connectivity index (χ3v) is 2.28. The topological polar surface area (TPSA) is 90.7 Å². The Bertz CT molecular complexity index is 468. The van der Waals surface area contributed by atoms with Crippen molar-refractivity contribution < 1.29 is 4.52 Å². The minimum atomic E-state index is -0.229. The predicted molar refractivity (Wildman–Crippen MR) is 61.7 cm³/mol. The molecule has 0 fully saturated rings. The van der Waals surface area contributed by atoms with Crippen LogP contribution in [0.4, 0.5) is 0 Å². The van der Waals surface area contributed by atoms with E-state index in [1.165, 1.54) is 0 Å². The summed E-state index contributed by atoms with van der Waals surface area (Å²) in [6, 6.07) is -0.229. The molecule has 1 atom stereocenters. The molecule has 90 valence electrons.